The van der Waals surface area contributed by atoms with E-state index in [4.69, 9.17) is 0 Å². The number of nitrogens with zero attached hydrogens (tertiary/aromatic N) is 4. The molecule has 0 spiro atoms. The van der Waals surface area contributed by atoms with Gasteiger partial charge in [-0.05, 0) is 36.0 Å². The van der Waals surface area contributed by atoms with Crippen molar-refractivity contribution in [2.45, 2.75) is 38.0 Å². The number of likely N-dealkylation sites (N-methyl/N-ethyl adjacent to an activating group) is 1. The van der Waals surface area contributed by atoms with Crippen LogP contribution < -0.4 is 5.32 Å². The third kappa shape index (κ3) is 5.96. The molecule has 0 radical (unpaired) electrons. The Hall–Kier alpha value is -4.17. The number of hydrogen-bond acceptors (Lipinski definition) is 4. The average molecular weight is 526 g/mol. The van der Waals surface area contributed by atoms with Gasteiger partial charge in [0.15, 0.2) is 0 Å². The van der Waals surface area contributed by atoms with E-state index in [0.29, 0.717) is 13.1 Å². The van der Waals surface area contributed by atoms with Crippen LogP contribution in [0.25, 0.3) is 0 Å². The molecule has 0 aromatic heterocycles. The summed E-state index contributed by atoms with van der Waals surface area (Å²) < 4.78 is 0. The standard InChI is InChI=1S/C31H35N5O3/c1-33-23-28(37)35-27(36(33)31(39)32-21-25-16-7-3-8-17-25)22-34(20-12-11-15-24-13-5-2-6-14-24)30(38)29(35)26-18-9-4-10-19-26/h2-10,13-14,16-19,27,29H,11-12,15,20-23H2,1H3,(H,32,39)/t27-,29-/m0/s1. The number of fused-ring (bicyclic) bond motifs is 1. The normalized spacial score (nSPS) is 19.7. The van der Waals surface area contributed by atoms with Crippen LogP contribution in [-0.4, -0.2) is 70.5 Å². The number of rotatable bonds is 8. The van der Waals surface area contributed by atoms with Gasteiger partial charge in [-0.2, -0.15) is 0 Å². The summed E-state index contributed by atoms with van der Waals surface area (Å²) in [4.78, 5) is 44.2. The molecule has 3 aromatic rings. The Morgan fingerprint density at radius 1 is 0.846 bits per heavy atom. The second-order valence-corrected chi connectivity index (χ2v) is 10.1. The van der Waals surface area contributed by atoms with Crippen molar-refractivity contribution in [3.63, 3.8) is 0 Å². The van der Waals surface area contributed by atoms with Gasteiger partial charge in [0.25, 0.3) is 0 Å². The first kappa shape index (κ1) is 26.4. The van der Waals surface area contributed by atoms with Crippen molar-refractivity contribution in [3.8, 4) is 0 Å². The highest BCUT2D eigenvalue weighted by Gasteiger charge is 2.51. The van der Waals surface area contributed by atoms with Crippen molar-refractivity contribution in [1.29, 1.82) is 0 Å². The quantitative estimate of drug-likeness (QED) is 0.454. The maximum absolute atomic E-state index is 13.9. The predicted octanol–water partition coefficient (Wildman–Crippen LogP) is 3.82. The lowest BCUT2D eigenvalue weighted by Crippen LogP contribution is -2.73. The van der Waals surface area contributed by atoms with Crippen molar-refractivity contribution in [1.82, 2.24) is 25.1 Å². The molecule has 8 heteroatoms. The van der Waals surface area contributed by atoms with E-state index in [0.717, 1.165) is 30.4 Å². The van der Waals surface area contributed by atoms with E-state index in [1.54, 1.807) is 22.0 Å². The minimum absolute atomic E-state index is 0.0168. The predicted molar refractivity (Wildman–Crippen MR) is 149 cm³/mol. The third-order valence-corrected chi connectivity index (χ3v) is 7.43. The number of carbonyl (C=O) groups excluding carboxylic acids is 3. The molecule has 2 aliphatic rings. The fraction of sp³-hybridized carbons (Fsp3) is 0.323. The van der Waals surface area contributed by atoms with E-state index in [1.165, 1.54) is 5.56 Å². The molecule has 0 unspecified atom stereocenters. The molecule has 39 heavy (non-hydrogen) atoms. The molecular formula is C31H35N5O3. The van der Waals surface area contributed by atoms with E-state index < -0.39 is 12.2 Å². The van der Waals surface area contributed by atoms with Gasteiger partial charge in [-0.1, -0.05) is 91.0 Å². The van der Waals surface area contributed by atoms with Crippen molar-refractivity contribution in [2.75, 3.05) is 26.7 Å². The first-order chi connectivity index (χ1) is 19.0. The number of hydrazine groups is 1. The molecule has 0 bridgehead atoms. The first-order valence-corrected chi connectivity index (χ1v) is 13.5. The number of amides is 4. The summed E-state index contributed by atoms with van der Waals surface area (Å²) in [5.74, 6) is -0.264. The van der Waals surface area contributed by atoms with Gasteiger partial charge >= 0.3 is 6.03 Å². The second kappa shape index (κ2) is 12.1. The molecule has 2 aliphatic heterocycles. The van der Waals surface area contributed by atoms with Gasteiger partial charge in [-0.3, -0.25) is 9.59 Å². The Morgan fingerprint density at radius 3 is 2.13 bits per heavy atom. The largest absolute Gasteiger partial charge is 0.337 e. The molecule has 3 aromatic carbocycles. The number of piperazine rings is 1. The Labute approximate surface area is 229 Å². The third-order valence-electron chi connectivity index (χ3n) is 7.43. The number of urea groups is 1. The Kier molecular flexibility index (Phi) is 8.22. The zero-order chi connectivity index (χ0) is 27.2. The van der Waals surface area contributed by atoms with Crippen LogP contribution in [-0.2, 0) is 22.6 Å². The SMILES string of the molecule is CN1CC(=O)N2[C@@H](c3ccccc3)C(=O)N(CCCCc3ccccc3)C[C@@H]2N1C(=O)NCc1ccccc1. The Morgan fingerprint density at radius 2 is 1.46 bits per heavy atom. The van der Waals surface area contributed by atoms with Gasteiger partial charge in [-0.15, -0.1) is 0 Å². The summed E-state index contributed by atoms with van der Waals surface area (Å²) in [5.41, 5.74) is 3.01. The second-order valence-electron chi connectivity index (χ2n) is 10.1. The van der Waals surface area contributed by atoms with Crippen LogP contribution in [0.3, 0.4) is 0 Å². The van der Waals surface area contributed by atoms with Crippen LogP contribution >= 0.6 is 0 Å². The summed E-state index contributed by atoms with van der Waals surface area (Å²) in [6.07, 6.45) is 2.11. The zero-order valence-electron chi connectivity index (χ0n) is 22.3. The van der Waals surface area contributed by atoms with Gasteiger partial charge < -0.3 is 15.1 Å². The lowest BCUT2D eigenvalue weighted by molar-refractivity contribution is -0.187. The van der Waals surface area contributed by atoms with Crippen LogP contribution in [0.2, 0.25) is 0 Å². The Bertz CT molecular complexity index is 1270. The van der Waals surface area contributed by atoms with Crippen LogP contribution in [0.1, 0.15) is 35.6 Å². The number of carbonyl (C=O) groups is 3. The van der Waals surface area contributed by atoms with Crippen molar-refractivity contribution in [3.05, 3.63) is 108 Å². The number of unbranched alkanes of at least 4 members (excludes halogenated alkanes) is 1. The lowest BCUT2D eigenvalue weighted by Gasteiger charge is -2.54. The van der Waals surface area contributed by atoms with Gasteiger partial charge in [0.1, 0.15) is 12.2 Å². The first-order valence-electron chi connectivity index (χ1n) is 13.5. The minimum atomic E-state index is -0.773. The van der Waals surface area contributed by atoms with E-state index in [1.807, 2.05) is 83.8 Å². The highest BCUT2D eigenvalue weighted by molar-refractivity contribution is 5.92. The topological polar surface area (TPSA) is 76.2 Å². The molecule has 5 rings (SSSR count). The van der Waals surface area contributed by atoms with Crippen molar-refractivity contribution >= 4 is 17.8 Å². The minimum Gasteiger partial charge on any atom is -0.337 e. The number of hydrogen-bond donors (Lipinski definition) is 1. The lowest BCUT2D eigenvalue weighted by atomic mass is 9.98. The van der Waals surface area contributed by atoms with Crippen LogP contribution in [0.15, 0.2) is 91.0 Å². The van der Waals surface area contributed by atoms with Gasteiger partial charge in [0, 0.05) is 20.1 Å². The van der Waals surface area contributed by atoms with Gasteiger partial charge in [0.2, 0.25) is 11.8 Å². The molecule has 202 valence electrons. The molecule has 2 saturated heterocycles. The van der Waals surface area contributed by atoms with E-state index in [-0.39, 0.29) is 30.9 Å². The number of nitrogens with one attached hydrogen (secondary N) is 1. The summed E-state index contributed by atoms with van der Waals surface area (Å²) in [7, 11) is 1.75. The van der Waals surface area contributed by atoms with Gasteiger partial charge in [0.05, 0.1) is 13.1 Å². The molecular weight excluding hydrogens is 490 g/mol. The zero-order valence-corrected chi connectivity index (χ0v) is 22.3. The number of aryl methyl sites for hydroxylation is 1. The molecule has 0 aliphatic carbocycles. The van der Waals surface area contributed by atoms with Crippen molar-refractivity contribution < 1.29 is 14.4 Å². The van der Waals surface area contributed by atoms with E-state index >= 15 is 0 Å². The maximum Gasteiger partial charge on any atom is 0.334 e. The van der Waals surface area contributed by atoms with E-state index in [9.17, 15) is 14.4 Å². The van der Waals surface area contributed by atoms with Crippen LogP contribution in [0.4, 0.5) is 4.79 Å². The van der Waals surface area contributed by atoms with Crippen LogP contribution in [0.5, 0.6) is 0 Å². The van der Waals surface area contributed by atoms with Crippen molar-refractivity contribution in [2.24, 2.45) is 0 Å². The maximum atomic E-state index is 13.9. The van der Waals surface area contributed by atoms with E-state index in [2.05, 4.69) is 17.4 Å². The molecule has 2 heterocycles. The fourth-order valence-electron chi connectivity index (χ4n) is 5.49. The summed E-state index contributed by atoms with van der Waals surface area (Å²) >= 11 is 0. The van der Waals surface area contributed by atoms with Gasteiger partial charge in [-0.25, -0.2) is 14.8 Å². The summed E-state index contributed by atoms with van der Waals surface area (Å²) in [6.45, 7) is 1.22. The smallest absolute Gasteiger partial charge is 0.334 e. The average Bonchev–Trinajstić information content (AvgIpc) is 2.96. The summed E-state index contributed by atoms with van der Waals surface area (Å²) in [6, 6.07) is 28.4. The highest BCUT2D eigenvalue weighted by Crippen LogP contribution is 2.34. The summed E-state index contributed by atoms with van der Waals surface area (Å²) in [5, 5.41) is 6.26. The molecule has 2 fully saturated rings. The molecule has 2 atom stereocenters. The molecule has 4 amide bonds. The molecule has 1 N–H and O–H groups in total. The molecule has 8 nitrogen and oxygen atoms in total. The fourth-order valence-corrected chi connectivity index (χ4v) is 5.49. The van der Waals surface area contributed by atoms with Crippen LogP contribution in [0, 0.1) is 0 Å². The molecule has 0 saturated carbocycles. The monoisotopic (exact) mass is 525 g/mol. The highest BCUT2D eigenvalue weighted by atomic mass is 16.2. The Balaban J connectivity index is 1.36. The number of benzene rings is 3.